The van der Waals surface area contributed by atoms with Crippen molar-refractivity contribution in [2.75, 3.05) is 0 Å². The van der Waals surface area contributed by atoms with E-state index in [1.807, 2.05) is 0 Å². The van der Waals surface area contributed by atoms with E-state index in [4.69, 9.17) is 0 Å². The largest absolute Gasteiger partial charge is 0.0649 e. The lowest BCUT2D eigenvalue weighted by Crippen LogP contribution is -2.34. The SMILES string of the molecule is CCC1(CC2(C)CCCC2)CCC(C)(C)CC1. The molecule has 0 heteroatoms. The maximum Gasteiger partial charge on any atom is -0.0295 e. The summed E-state index contributed by atoms with van der Waals surface area (Å²) in [7, 11) is 0. The van der Waals surface area contributed by atoms with Crippen molar-refractivity contribution in [2.24, 2.45) is 16.2 Å². The van der Waals surface area contributed by atoms with Crippen LogP contribution < -0.4 is 0 Å². The van der Waals surface area contributed by atoms with Gasteiger partial charge in [0, 0.05) is 0 Å². The molecule has 0 amide bonds. The second kappa shape index (κ2) is 4.59. The first-order valence-corrected chi connectivity index (χ1v) is 7.89. The van der Waals surface area contributed by atoms with E-state index in [9.17, 15) is 0 Å². The highest BCUT2D eigenvalue weighted by molar-refractivity contribution is 4.94. The first-order valence-electron chi connectivity index (χ1n) is 7.89. The van der Waals surface area contributed by atoms with Crippen molar-refractivity contribution in [3.63, 3.8) is 0 Å². The molecule has 0 radical (unpaired) electrons. The number of rotatable bonds is 3. The van der Waals surface area contributed by atoms with Crippen LogP contribution in [0.3, 0.4) is 0 Å². The second-order valence-electron chi connectivity index (χ2n) is 8.21. The Morgan fingerprint density at radius 3 is 1.76 bits per heavy atom. The fraction of sp³-hybridized carbons (Fsp3) is 1.00. The summed E-state index contributed by atoms with van der Waals surface area (Å²) in [5.74, 6) is 0. The molecule has 0 heterocycles. The molecule has 2 rings (SSSR count). The molecular weight excluding hydrogens is 204 g/mol. The lowest BCUT2D eigenvalue weighted by atomic mass is 9.58. The van der Waals surface area contributed by atoms with Crippen molar-refractivity contribution in [3.8, 4) is 0 Å². The minimum atomic E-state index is 0.620. The number of hydrogen-bond acceptors (Lipinski definition) is 0. The molecular formula is C17H32. The van der Waals surface area contributed by atoms with Crippen molar-refractivity contribution in [1.29, 1.82) is 0 Å². The van der Waals surface area contributed by atoms with Crippen LogP contribution in [-0.2, 0) is 0 Å². The van der Waals surface area contributed by atoms with Crippen LogP contribution in [0.2, 0.25) is 0 Å². The van der Waals surface area contributed by atoms with Gasteiger partial charge in [0.2, 0.25) is 0 Å². The molecule has 0 N–H and O–H groups in total. The van der Waals surface area contributed by atoms with Gasteiger partial charge in [-0.15, -0.1) is 0 Å². The second-order valence-corrected chi connectivity index (χ2v) is 8.21. The van der Waals surface area contributed by atoms with E-state index >= 15 is 0 Å². The third kappa shape index (κ3) is 3.06. The Morgan fingerprint density at radius 1 is 0.765 bits per heavy atom. The third-order valence-electron chi connectivity index (χ3n) is 6.03. The monoisotopic (exact) mass is 236 g/mol. The van der Waals surface area contributed by atoms with Crippen LogP contribution in [-0.4, -0.2) is 0 Å². The minimum absolute atomic E-state index is 0.620. The van der Waals surface area contributed by atoms with Crippen molar-refractivity contribution in [2.45, 2.75) is 91.9 Å². The van der Waals surface area contributed by atoms with Gasteiger partial charge in [0.15, 0.2) is 0 Å². The van der Waals surface area contributed by atoms with E-state index in [1.54, 1.807) is 0 Å². The molecule has 100 valence electrons. The van der Waals surface area contributed by atoms with Gasteiger partial charge in [-0.3, -0.25) is 0 Å². The van der Waals surface area contributed by atoms with Gasteiger partial charge in [-0.25, -0.2) is 0 Å². The molecule has 0 nitrogen and oxygen atoms in total. The van der Waals surface area contributed by atoms with Crippen LogP contribution in [0.1, 0.15) is 91.9 Å². The molecule has 0 aliphatic heterocycles. The fourth-order valence-corrected chi connectivity index (χ4v) is 4.42. The highest BCUT2D eigenvalue weighted by Gasteiger charge is 2.42. The van der Waals surface area contributed by atoms with Gasteiger partial charge in [0.25, 0.3) is 0 Å². The Balaban J connectivity index is 2.01. The third-order valence-corrected chi connectivity index (χ3v) is 6.03. The Hall–Kier alpha value is 0. The quantitative estimate of drug-likeness (QED) is 0.567. The average Bonchev–Trinajstić information content (AvgIpc) is 2.69. The molecule has 2 fully saturated rings. The smallest absolute Gasteiger partial charge is 0.0295 e. The van der Waals surface area contributed by atoms with Crippen LogP contribution in [0.4, 0.5) is 0 Å². The first-order chi connectivity index (χ1) is 7.89. The summed E-state index contributed by atoms with van der Waals surface area (Å²) in [6.45, 7) is 9.93. The normalized spacial score (nSPS) is 30.4. The molecule has 17 heavy (non-hydrogen) atoms. The summed E-state index contributed by atoms with van der Waals surface area (Å²) >= 11 is 0. The highest BCUT2D eigenvalue weighted by atomic mass is 14.5. The van der Waals surface area contributed by atoms with E-state index in [2.05, 4.69) is 27.7 Å². The molecule has 2 saturated carbocycles. The molecule has 0 unspecified atom stereocenters. The molecule has 0 saturated heterocycles. The topological polar surface area (TPSA) is 0 Å². The molecule has 0 aromatic heterocycles. The predicted octanol–water partition coefficient (Wildman–Crippen LogP) is 5.95. The van der Waals surface area contributed by atoms with Gasteiger partial charge in [0.1, 0.15) is 0 Å². The molecule has 0 spiro atoms. The standard InChI is InChI=1S/C17H32/c1-5-17(12-10-15(2,3)11-13-17)14-16(4)8-6-7-9-16/h5-14H2,1-4H3. The zero-order valence-corrected chi connectivity index (χ0v) is 12.6. The molecule has 0 atom stereocenters. The maximum absolute atomic E-state index is 2.57. The van der Waals surface area contributed by atoms with Gasteiger partial charge in [-0.1, -0.05) is 47.0 Å². The van der Waals surface area contributed by atoms with Gasteiger partial charge in [-0.2, -0.15) is 0 Å². The zero-order valence-electron chi connectivity index (χ0n) is 12.6. The Labute approximate surface area is 109 Å². The average molecular weight is 236 g/mol. The molecule has 0 aromatic carbocycles. The summed E-state index contributed by atoms with van der Waals surface area (Å²) in [6.07, 6.45) is 14.8. The summed E-state index contributed by atoms with van der Waals surface area (Å²) in [6, 6.07) is 0. The fourth-order valence-electron chi connectivity index (χ4n) is 4.42. The van der Waals surface area contributed by atoms with E-state index in [1.165, 1.54) is 64.2 Å². The maximum atomic E-state index is 2.57. The van der Waals surface area contributed by atoms with Crippen molar-refractivity contribution >= 4 is 0 Å². The predicted molar refractivity (Wildman–Crippen MR) is 76.2 cm³/mol. The summed E-state index contributed by atoms with van der Waals surface area (Å²) in [5.41, 5.74) is 2.02. The van der Waals surface area contributed by atoms with E-state index in [0.29, 0.717) is 16.2 Å². The van der Waals surface area contributed by atoms with Crippen molar-refractivity contribution in [3.05, 3.63) is 0 Å². The lowest BCUT2D eigenvalue weighted by Gasteiger charge is -2.47. The van der Waals surface area contributed by atoms with Crippen molar-refractivity contribution in [1.82, 2.24) is 0 Å². The minimum Gasteiger partial charge on any atom is -0.0649 e. The van der Waals surface area contributed by atoms with Crippen LogP contribution in [0.15, 0.2) is 0 Å². The zero-order chi connectivity index (χ0) is 12.6. The van der Waals surface area contributed by atoms with Gasteiger partial charge < -0.3 is 0 Å². The van der Waals surface area contributed by atoms with Crippen molar-refractivity contribution < 1.29 is 0 Å². The summed E-state index contributed by atoms with van der Waals surface area (Å²) < 4.78 is 0. The van der Waals surface area contributed by atoms with E-state index in [0.717, 1.165) is 0 Å². The number of hydrogen-bond donors (Lipinski definition) is 0. The van der Waals surface area contributed by atoms with Crippen LogP contribution in [0.25, 0.3) is 0 Å². The Kier molecular flexibility index (Phi) is 3.63. The van der Waals surface area contributed by atoms with Gasteiger partial charge in [-0.05, 0) is 61.2 Å². The first kappa shape index (κ1) is 13.4. The molecule has 0 aromatic rings. The lowest BCUT2D eigenvalue weighted by molar-refractivity contribution is 0.0470. The van der Waals surface area contributed by atoms with Gasteiger partial charge >= 0.3 is 0 Å². The molecule has 2 aliphatic carbocycles. The summed E-state index contributed by atoms with van der Waals surface area (Å²) in [4.78, 5) is 0. The van der Waals surface area contributed by atoms with E-state index in [-0.39, 0.29) is 0 Å². The Bertz CT molecular complexity index is 245. The van der Waals surface area contributed by atoms with Gasteiger partial charge in [0.05, 0.1) is 0 Å². The van der Waals surface area contributed by atoms with Crippen LogP contribution in [0, 0.1) is 16.2 Å². The van der Waals surface area contributed by atoms with Crippen LogP contribution in [0.5, 0.6) is 0 Å². The molecule has 0 bridgehead atoms. The summed E-state index contributed by atoms with van der Waals surface area (Å²) in [5, 5.41) is 0. The molecule has 2 aliphatic rings. The van der Waals surface area contributed by atoms with Crippen LogP contribution >= 0.6 is 0 Å². The van der Waals surface area contributed by atoms with E-state index < -0.39 is 0 Å². The highest BCUT2D eigenvalue weighted by Crippen LogP contribution is 2.55. The Morgan fingerprint density at radius 2 is 1.29 bits per heavy atom.